The first-order chi connectivity index (χ1) is 12.4. The Labute approximate surface area is 157 Å². The maximum absolute atomic E-state index is 12.3. The number of hydrogen-bond donors (Lipinski definition) is 0. The molecule has 26 heavy (non-hydrogen) atoms. The predicted molar refractivity (Wildman–Crippen MR) is 98.5 cm³/mol. The Hall–Kier alpha value is -3.00. The number of nitrogens with zero attached hydrogens (tertiary/aromatic N) is 1. The number of carbonyl (C=O) groups excluding carboxylic acids is 2. The number of esters is 2. The van der Waals surface area contributed by atoms with Crippen LogP contribution in [-0.2, 0) is 14.3 Å². The Morgan fingerprint density at radius 3 is 2.35 bits per heavy atom. The van der Waals surface area contributed by atoms with E-state index in [0.29, 0.717) is 5.56 Å². The molecule has 0 bridgehead atoms. The fraction of sp³-hybridized carbons (Fsp3) is 0.111. The zero-order valence-corrected chi connectivity index (χ0v) is 15.5. The Bertz CT molecular complexity index is 906. The van der Waals surface area contributed by atoms with E-state index < -0.39 is 16.9 Å². The Kier molecular flexibility index (Phi) is 6.24. The van der Waals surface area contributed by atoms with Gasteiger partial charge in [-0.2, -0.15) is 0 Å². The molecule has 0 amide bonds. The third-order valence-corrected chi connectivity index (χ3v) is 4.24. The Morgan fingerprint density at radius 1 is 1.08 bits per heavy atom. The molecule has 0 N–H and O–H groups in total. The number of hydrogen-bond acceptors (Lipinski definition) is 6. The third-order valence-electron chi connectivity index (χ3n) is 3.52. The number of methoxy groups -OCH3 is 2. The molecule has 0 aliphatic rings. The molecule has 0 aliphatic carbocycles. The van der Waals surface area contributed by atoms with Crippen LogP contribution in [0.2, 0.25) is 0 Å². The van der Waals surface area contributed by atoms with Crippen molar-refractivity contribution in [3.05, 3.63) is 73.7 Å². The number of carbonyl (C=O) groups is 2. The van der Waals surface area contributed by atoms with Crippen LogP contribution in [0.15, 0.2) is 46.9 Å². The number of benzene rings is 2. The molecule has 0 saturated carbocycles. The van der Waals surface area contributed by atoms with Crippen LogP contribution in [0.1, 0.15) is 21.5 Å². The van der Waals surface area contributed by atoms with Crippen LogP contribution in [0.5, 0.6) is 0 Å². The summed E-state index contributed by atoms with van der Waals surface area (Å²) < 4.78 is 10.2. The number of rotatable bonds is 5. The number of non-ortho nitro benzene ring substituents is 1. The summed E-state index contributed by atoms with van der Waals surface area (Å²) in [6.45, 7) is 0. The maximum Gasteiger partial charge on any atom is 0.338 e. The molecular formula is C18H14BrNO6. The first kappa shape index (κ1) is 19.3. The molecule has 0 saturated heterocycles. The molecule has 0 spiro atoms. The molecule has 0 unspecified atom stereocenters. The fourth-order valence-corrected chi connectivity index (χ4v) is 2.66. The van der Waals surface area contributed by atoms with Gasteiger partial charge in [0, 0.05) is 22.2 Å². The van der Waals surface area contributed by atoms with E-state index in [1.54, 1.807) is 18.2 Å². The minimum atomic E-state index is -0.800. The molecular weight excluding hydrogens is 406 g/mol. The highest BCUT2D eigenvalue weighted by Gasteiger charge is 2.23. The van der Waals surface area contributed by atoms with E-state index in [4.69, 9.17) is 9.47 Å². The Balaban J connectivity index is 2.73. The van der Waals surface area contributed by atoms with Crippen molar-refractivity contribution >= 4 is 45.2 Å². The maximum atomic E-state index is 12.3. The first-order valence-corrected chi connectivity index (χ1v) is 8.10. The largest absolute Gasteiger partial charge is 0.465 e. The summed E-state index contributed by atoms with van der Waals surface area (Å²) in [5.41, 5.74) is 0.506. The van der Waals surface area contributed by atoms with Gasteiger partial charge in [0.15, 0.2) is 0 Å². The predicted octanol–water partition coefficient (Wildman–Crippen LogP) is 3.86. The lowest BCUT2D eigenvalue weighted by Crippen LogP contribution is -2.11. The molecule has 0 heterocycles. The summed E-state index contributed by atoms with van der Waals surface area (Å²) in [6.07, 6.45) is 1.53. The summed E-state index contributed by atoms with van der Waals surface area (Å²) in [4.78, 5) is 34.8. The van der Waals surface area contributed by atoms with Crippen LogP contribution in [-0.4, -0.2) is 31.1 Å². The summed E-state index contributed by atoms with van der Waals surface area (Å²) in [5, 5.41) is 11.0. The highest BCUT2D eigenvalue weighted by molar-refractivity contribution is 9.10. The number of nitro benzene ring substituents is 1. The van der Waals surface area contributed by atoms with Gasteiger partial charge >= 0.3 is 11.9 Å². The van der Waals surface area contributed by atoms with E-state index in [1.807, 2.05) is 6.07 Å². The lowest BCUT2D eigenvalue weighted by molar-refractivity contribution is -0.384. The monoisotopic (exact) mass is 419 g/mol. The van der Waals surface area contributed by atoms with Gasteiger partial charge in [-0.05, 0) is 23.8 Å². The van der Waals surface area contributed by atoms with E-state index in [2.05, 4.69) is 15.9 Å². The zero-order chi connectivity index (χ0) is 19.3. The second-order valence-electron chi connectivity index (χ2n) is 5.05. The van der Waals surface area contributed by atoms with Gasteiger partial charge in [0.2, 0.25) is 0 Å². The quantitative estimate of drug-likeness (QED) is 0.240. The third kappa shape index (κ3) is 4.15. The average Bonchev–Trinajstić information content (AvgIpc) is 2.65. The smallest absolute Gasteiger partial charge is 0.338 e. The van der Waals surface area contributed by atoms with Crippen molar-refractivity contribution in [3.63, 3.8) is 0 Å². The molecule has 7 nitrogen and oxygen atoms in total. The summed E-state index contributed by atoms with van der Waals surface area (Å²) >= 11 is 3.38. The standard InChI is InChI=1S/C18H14BrNO6/c1-25-17(21)14(9-11-5-3-4-6-16(11)19)13-8-7-12(20(23)24)10-15(13)18(22)26-2/h3-10H,1-2H3/b14-9+. The number of halogens is 1. The highest BCUT2D eigenvalue weighted by Crippen LogP contribution is 2.29. The van der Waals surface area contributed by atoms with Crippen molar-refractivity contribution in [3.8, 4) is 0 Å². The fourth-order valence-electron chi connectivity index (χ4n) is 2.26. The van der Waals surface area contributed by atoms with Gasteiger partial charge in [-0.15, -0.1) is 0 Å². The van der Waals surface area contributed by atoms with E-state index in [9.17, 15) is 19.7 Å². The molecule has 134 valence electrons. The van der Waals surface area contributed by atoms with Crippen molar-refractivity contribution in [1.82, 2.24) is 0 Å². The molecule has 2 aromatic carbocycles. The van der Waals surface area contributed by atoms with Crippen LogP contribution in [0.3, 0.4) is 0 Å². The summed E-state index contributed by atoms with van der Waals surface area (Å²) in [5.74, 6) is -1.50. The molecule has 0 radical (unpaired) electrons. The molecule has 0 aliphatic heterocycles. The van der Waals surface area contributed by atoms with Gasteiger partial charge in [-0.25, -0.2) is 9.59 Å². The van der Waals surface area contributed by atoms with E-state index in [0.717, 1.165) is 17.6 Å². The van der Waals surface area contributed by atoms with Gasteiger partial charge in [0.1, 0.15) is 0 Å². The molecule has 0 atom stereocenters. The van der Waals surface area contributed by atoms with E-state index >= 15 is 0 Å². The molecule has 8 heteroatoms. The van der Waals surface area contributed by atoms with E-state index in [-0.39, 0.29) is 22.4 Å². The van der Waals surface area contributed by atoms with Gasteiger partial charge in [0.05, 0.1) is 30.3 Å². The normalized spacial score (nSPS) is 11.0. The van der Waals surface area contributed by atoms with Crippen LogP contribution < -0.4 is 0 Å². The average molecular weight is 420 g/mol. The van der Waals surface area contributed by atoms with Crippen LogP contribution in [0.4, 0.5) is 5.69 Å². The van der Waals surface area contributed by atoms with Gasteiger partial charge < -0.3 is 9.47 Å². The second kappa shape index (κ2) is 8.39. The summed E-state index contributed by atoms with van der Waals surface area (Å²) in [6, 6.07) is 10.7. The lowest BCUT2D eigenvalue weighted by Gasteiger charge is -2.11. The topological polar surface area (TPSA) is 95.7 Å². The summed E-state index contributed by atoms with van der Waals surface area (Å²) in [7, 11) is 2.36. The van der Waals surface area contributed by atoms with Crippen LogP contribution in [0.25, 0.3) is 11.6 Å². The van der Waals surface area contributed by atoms with Crippen LogP contribution in [0, 0.1) is 10.1 Å². The SMILES string of the molecule is COC(=O)/C(=C/c1ccccc1Br)c1ccc([N+](=O)[O-])cc1C(=O)OC. The van der Waals surface area contributed by atoms with Crippen molar-refractivity contribution in [1.29, 1.82) is 0 Å². The minimum Gasteiger partial charge on any atom is -0.465 e. The lowest BCUT2D eigenvalue weighted by atomic mass is 9.97. The van der Waals surface area contributed by atoms with Crippen molar-refractivity contribution < 1.29 is 24.0 Å². The van der Waals surface area contributed by atoms with Gasteiger partial charge in [-0.3, -0.25) is 10.1 Å². The highest BCUT2D eigenvalue weighted by atomic mass is 79.9. The number of nitro groups is 1. The molecule has 2 aromatic rings. The van der Waals surface area contributed by atoms with Crippen molar-refractivity contribution in [2.45, 2.75) is 0 Å². The Morgan fingerprint density at radius 2 is 1.77 bits per heavy atom. The van der Waals surface area contributed by atoms with Crippen molar-refractivity contribution in [2.75, 3.05) is 14.2 Å². The molecule has 0 aromatic heterocycles. The van der Waals surface area contributed by atoms with Crippen LogP contribution >= 0.6 is 15.9 Å². The van der Waals surface area contributed by atoms with Crippen molar-refractivity contribution in [2.24, 2.45) is 0 Å². The number of ether oxygens (including phenoxy) is 2. The van der Waals surface area contributed by atoms with Gasteiger partial charge in [-0.1, -0.05) is 34.1 Å². The first-order valence-electron chi connectivity index (χ1n) is 7.30. The minimum absolute atomic E-state index is 0.0645. The zero-order valence-electron chi connectivity index (χ0n) is 13.9. The molecule has 0 fully saturated rings. The van der Waals surface area contributed by atoms with E-state index in [1.165, 1.54) is 25.3 Å². The molecule has 2 rings (SSSR count). The second-order valence-corrected chi connectivity index (χ2v) is 5.90. The van der Waals surface area contributed by atoms with Gasteiger partial charge in [0.25, 0.3) is 5.69 Å².